The summed E-state index contributed by atoms with van der Waals surface area (Å²) in [6.07, 6.45) is 0.619. The van der Waals surface area contributed by atoms with Gasteiger partial charge in [-0.1, -0.05) is 0 Å². The van der Waals surface area contributed by atoms with Crippen LogP contribution >= 0.6 is 0 Å². The van der Waals surface area contributed by atoms with E-state index < -0.39 is 23.5 Å². The average molecular weight is 363 g/mol. The Hall–Kier alpha value is -3.42. The van der Waals surface area contributed by atoms with Crippen LogP contribution in [-0.2, 0) is 4.79 Å². The molecule has 2 rings (SSSR count). The fraction of sp³-hybridized carbons (Fsp3) is 0.111. The van der Waals surface area contributed by atoms with Crippen molar-refractivity contribution in [3.8, 4) is 11.5 Å². The van der Waals surface area contributed by atoms with E-state index in [0.717, 1.165) is 18.2 Å². The summed E-state index contributed by atoms with van der Waals surface area (Å²) in [6, 6.07) is 7.07. The van der Waals surface area contributed by atoms with E-state index in [4.69, 9.17) is 14.6 Å². The number of carbonyl (C=O) groups excluding carboxylic acids is 1. The van der Waals surface area contributed by atoms with Crippen LogP contribution in [0.15, 0.2) is 42.5 Å². The molecular weight excluding hydrogens is 348 g/mol. The van der Waals surface area contributed by atoms with E-state index in [-0.39, 0.29) is 22.6 Å². The quantitative estimate of drug-likeness (QED) is 0.768. The summed E-state index contributed by atoms with van der Waals surface area (Å²) in [5, 5.41) is 11.0. The van der Waals surface area contributed by atoms with Crippen molar-refractivity contribution in [3.63, 3.8) is 0 Å². The second kappa shape index (κ2) is 8.11. The zero-order chi connectivity index (χ0) is 19.3. The van der Waals surface area contributed by atoms with Crippen LogP contribution in [0.4, 0.5) is 14.5 Å². The first kappa shape index (κ1) is 18.9. The number of carboxylic acid groups (broad SMARTS) is 1. The number of aromatic carboxylic acids is 1. The largest absolute Gasteiger partial charge is 0.493 e. The lowest BCUT2D eigenvalue weighted by Crippen LogP contribution is -2.11. The van der Waals surface area contributed by atoms with Gasteiger partial charge in [0.15, 0.2) is 11.5 Å². The van der Waals surface area contributed by atoms with Crippen molar-refractivity contribution in [1.82, 2.24) is 0 Å². The van der Waals surface area contributed by atoms with Gasteiger partial charge in [-0.3, -0.25) is 4.79 Å². The molecule has 0 atom stereocenters. The van der Waals surface area contributed by atoms with E-state index in [0.29, 0.717) is 11.8 Å². The number of nitrogens with one attached hydrogen (secondary N) is 1. The summed E-state index contributed by atoms with van der Waals surface area (Å²) < 4.78 is 38.0. The number of rotatable bonds is 6. The molecule has 0 spiro atoms. The molecule has 1 amide bonds. The number of ether oxygens (including phenoxy) is 2. The maximum absolute atomic E-state index is 14.3. The summed E-state index contributed by atoms with van der Waals surface area (Å²) in [4.78, 5) is 22.8. The normalized spacial score (nSPS) is 11.0. The van der Waals surface area contributed by atoms with E-state index in [1.165, 1.54) is 32.4 Å². The first-order valence-electron chi connectivity index (χ1n) is 7.29. The zero-order valence-corrected chi connectivity index (χ0v) is 13.9. The van der Waals surface area contributed by atoms with E-state index >= 15 is 0 Å². The van der Waals surface area contributed by atoms with Crippen LogP contribution < -0.4 is 14.8 Å². The summed E-state index contributed by atoms with van der Waals surface area (Å²) in [7, 11) is 2.81. The van der Waals surface area contributed by atoms with Gasteiger partial charge in [-0.25, -0.2) is 13.6 Å². The van der Waals surface area contributed by atoms with Crippen molar-refractivity contribution >= 4 is 23.4 Å². The van der Waals surface area contributed by atoms with Crippen molar-refractivity contribution in [3.05, 3.63) is 59.4 Å². The second-order valence-corrected chi connectivity index (χ2v) is 5.05. The first-order valence-corrected chi connectivity index (χ1v) is 7.29. The molecule has 2 N–H and O–H groups in total. The van der Waals surface area contributed by atoms with Gasteiger partial charge in [0.1, 0.15) is 11.6 Å². The predicted molar refractivity (Wildman–Crippen MR) is 90.6 cm³/mol. The molecule has 136 valence electrons. The fourth-order valence-electron chi connectivity index (χ4n) is 2.11. The highest BCUT2D eigenvalue weighted by molar-refractivity contribution is 6.03. The van der Waals surface area contributed by atoms with Gasteiger partial charge in [-0.2, -0.15) is 0 Å². The molecular formula is C18H15F2NO5. The monoisotopic (exact) mass is 363 g/mol. The van der Waals surface area contributed by atoms with Crippen molar-refractivity contribution in [2.75, 3.05) is 19.5 Å². The summed E-state index contributed by atoms with van der Waals surface area (Å²) in [5.74, 6) is -3.32. The SMILES string of the molecule is COc1ccc(C(F)=CC(=O)Nc2cc(C(=O)O)ccc2F)cc1OC. The van der Waals surface area contributed by atoms with Crippen LogP contribution in [0.25, 0.3) is 5.83 Å². The molecule has 0 saturated carbocycles. The molecule has 0 radical (unpaired) electrons. The lowest BCUT2D eigenvalue weighted by atomic mass is 10.1. The van der Waals surface area contributed by atoms with Gasteiger partial charge in [0.05, 0.1) is 25.5 Å². The van der Waals surface area contributed by atoms with Crippen LogP contribution in [0, 0.1) is 5.82 Å². The molecule has 0 heterocycles. The van der Waals surface area contributed by atoms with Gasteiger partial charge in [-0.05, 0) is 36.4 Å². The third-order valence-electron chi connectivity index (χ3n) is 3.39. The maximum atomic E-state index is 14.3. The molecule has 8 heteroatoms. The van der Waals surface area contributed by atoms with Crippen LogP contribution in [0.3, 0.4) is 0 Å². The Balaban J connectivity index is 2.23. The number of carbonyl (C=O) groups is 2. The smallest absolute Gasteiger partial charge is 0.335 e. The van der Waals surface area contributed by atoms with Gasteiger partial charge in [0.25, 0.3) is 5.91 Å². The number of carboxylic acids is 1. The van der Waals surface area contributed by atoms with E-state index in [2.05, 4.69) is 5.32 Å². The molecule has 2 aromatic carbocycles. The third kappa shape index (κ3) is 4.35. The number of hydrogen-bond acceptors (Lipinski definition) is 4. The van der Waals surface area contributed by atoms with Gasteiger partial charge in [0.2, 0.25) is 0 Å². The van der Waals surface area contributed by atoms with Crippen molar-refractivity contribution < 1.29 is 33.0 Å². The molecule has 0 aliphatic heterocycles. The van der Waals surface area contributed by atoms with E-state index in [1.807, 2.05) is 0 Å². The van der Waals surface area contributed by atoms with Crippen molar-refractivity contribution in [2.24, 2.45) is 0 Å². The summed E-state index contributed by atoms with van der Waals surface area (Å²) >= 11 is 0. The van der Waals surface area contributed by atoms with Gasteiger partial charge < -0.3 is 19.9 Å². The Morgan fingerprint density at radius 3 is 2.31 bits per heavy atom. The molecule has 0 unspecified atom stereocenters. The number of methoxy groups -OCH3 is 2. The standard InChI is InChI=1S/C18H15F2NO5/c1-25-15-6-4-10(8-16(15)26-2)13(20)9-17(22)21-14-7-11(18(23)24)3-5-12(14)19/h3-9H,1-2H3,(H,21,22)(H,23,24). The van der Waals surface area contributed by atoms with Crippen molar-refractivity contribution in [2.45, 2.75) is 0 Å². The average Bonchev–Trinajstić information content (AvgIpc) is 2.62. The third-order valence-corrected chi connectivity index (χ3v) is 3.39. The molecule has 26 heavy (non-hydrogen) atoms. The Labute approximate surface area is 147 Å². The fourth-order valence-corrected chi connectivity index (χ4v) is 2.11. The number of halogens is 2. The van der Waals surface area contributed by atoms with Gasteiger partial charge in [-0.15, -0.1) is 0 Å². The zero-order valence-electron chi connectivity index (χ0n) is 13.9. The Morgan fingerprint density at radius 2 is 1.69 bits per heavy atom. The van der Waals surface area contributed by atoms with Crippen LogP contribution in [0.1, 0.15) is 15.9 Å². The number of benzene rings is 2. The molecule has 2 aromatic rings. The molecule has 6 nitrogen and oxygen atoms in total. The minimum atomic E-state index is -1.28. The van der Waals surface area contributed by atoms with Gasteiger partial charge >= 0.3 is 5.97 Å². The summed E-state index contributed by atoms with van der Waals surface area (Å²) in [6.45, 7) is 0. The highest BCUT2D eigenvalue weighted by Crippen LogP contribution is 2.30. The topological polar surface area (TPSA) is 84.9 Å². The Morgan fingerprint density at radius 1 is 1.04 bits per heavy atom. The Kier molecular flexibility index (Phi) is 5.90. The Bertz CT molecular complexity index is 880. The first-order chi connectivity index (χ1) is 12.3. The van der Waals surface area contributed by atoms with Crippen LogP contribution in [-0.4, -0.2) is 31.2 Å². The maximum Gasteiger partial charge on any atom is 0.335 e. The molecule has 0 aliphatic rings. The summed E-state index contributed by atoms with van der Waals surface area (Å²) in [5.41, 5.74) is -0.533. The molecule has 0 bridgehead atoms. The van der Waals surface area contributed by atoms with Crippen molar-refractivity contribution in [1.29, 1.82) is 0 Å². The van der Waals surface area contributed by atoms with Crippen LogP contribution in [0.2, 0.25) is 0 Å². The second-order valence-electron chi connectivity index (χ2n) is 5.05. The highest BCUT2D eigenvalue weighted by atomic mass is 19.1. The molecule has 0 aliphatic carbocycles. The molecule has 0 fully saturated rings. The minimum absolute atomic E-state index is 0.0533. The molecule has 0 aromatic heterocycles. The number of anilines is 1. The van der Waals surface area contributed by atoms with E-state index in [9.17, 15) is 18.4 Å². The van der Waals surface area contributed by atoms with Crippen LogP contribution in [0.5, 0.6) is 11.5 Å². The molecule has 0 saturated heterocycles. The van der Waals surface area contributed by atoms with E-state index in [1.54, 1.807) is 0 Å². The lowest BCUT2D eigenvalue weighted by Gasteiger charge is -2.09. The number of hydrogen-bond donors (Lipinski definition) is 2. The van der Waals surface area contributed by atoms with Gasteiger partial charge in [0, 0.05) is 11.6 Å². The highest BCUT2D eigenvalue weighted by Gasteiger charge is 2.12. The predicted octanol–water partition coefficient (Wildman–Crippen LogP) is 3.49. The minimum Gasteiger partial charge on any atom is -0.493 e. The lowest BCUT2D eigenvalue weighted by molar-refractivity contribution is -0.111. The number of amides is 1.